The van der Waals surface area contributed by atoms with Gasteiger partial charge in [-0.3, -0.25) is 4.79 Å². The Bertz CT molecular complexity index is 439. The van der Waals surface area contributed by atoms with Crippen molar-refractivity contribution in [2.75, 3.05) is 0 Å². The van der Waals surface area contributed by atoms with Crippen molar-refractivity contribution in [1.82, 2.24) is 0 Å². The molecule has 1 rings (SSSR count). The molecule has 1 aliphatic carbocycles. The van der Waals surface area contributed by atoms with Crippen LogP contribution in [0.25, 0.3) is 0 Å². The summed E-state index contributed by atoms with van der Waals surface area (Å²) in [6, 6.07) is 0. The smallest absolute Gasteiger partial charge is 0.550 e. The number of hydrogen-bond acceptors (Lipinski definition) is 6. The van der Waals surface area contributed by atoms with Crippen LogP contribution in [0.4, 0.5) is 0 Å². The predicted molar refractivity (Wildman–Crippen MR) is 86.8 cm³/mol. The van der Waals surface area contributed by atoms with E-state index in [-0.39, 0.29) is 61.0 Å². The molecule has 1 saturated carbocycles. The first-order chi connectivity index (χ1) is 11.3. The fourth-order valence-corrected chi connectivity index (χ4v) is 3.23. The van der Waals surface area contributed by atoms with Gasteiger partial charge in [0, 0.05) is 37.1 Å². The summed E-state index contributed by atoms with van der Waals surface area (Å²) in [4.78, 5) is 22.3. The average molecular weight is 364 g/mol. The Hall–Kier alpha value is -0.240. The van der Waals surface area contributed by atoms with Crippen LogP contribution in [0.2, 0.25) is 0 Å². The average Bonchev–Trinajstić information content (AvgIpc) is 2.77. The van der Waals surface area contributed by atoms with E-state index in [9.17, 15) is 30.0 Å². The first-order valence-corrected chi connectivity index (χ1v) is 8.79. The van der Waals surface area contributed by atoms with E-state index < -0.39 is 36.1 Å². The maximum atomic E-state index is 11.9. The van der Waals surface area contributed by atoms with Gasteiger partial charge >= 0.3 is 29.6 Å². The maximum Gasteiger partial charge on any atom is 1.00 e. The van der Waals surface area contributed by atoms with E-state index in [1.165, 1.54) is 0 Å². The van der Waals surface area contributed by atoms with Gasteiger partial charge in [-0.25, -0.2) is 0 Å². The summed E-state index contributed by atoms with van der Waals surface area (Å²) in [5, 5.41) is 40.5. The predicted octanol–water partition coefficient (Wildman–Crippen LogP) is -2.66. The molecule has 6 nitrogen and oxygen atoms in total. The molecule has 0 unspecified atom stereocenters. The summed E-state index contributed by atoms with van der Waals surface area (Å²) in [6.07, 6.45) is 4.56. The van der Waals surface area contributed by atoms with Gasteiger partial charge in [0.05, 0.1) is 18.3 Å². The van der Waals surface area contributed by atoms with Crippen LogP contribution in [-0.4, -0.2) is 45.4 Å². The van der Waals surface area contributed by atoms with E-state index >= 15 is 0 Å². The molecule has 0 aromatic heterocycles. The molecule has 25 heavy (non-hydrogen) atoms. The SMILES string of the molecule is CCCCC[C@H](O)C=C[C@@H]1[C@@H](CC(=O)CCC(=O)[O-])[C@@H](O)C[C@H]1O.[Na+]. The molecule has 1 aliphatic rings. The van der Waals surface area contributed by atoms with Crippen LogP contribution in [0.3, 0.4) is 0 Å². The Morgan fingerprint density at radius 2 is 1.88 bits per heavy atom. The van der Waals surface area contributed by atoms with Gasteiger partial charge in [0.1, 0.15) is 5.78 Å². The fraction of sp³-hybridized carbons (Fsp3) is 0.778. The number of Topliss-reactive ketones (excluding diaryl/α,β-unsaturated/α-hetero) is 1. The van der Waals surface area contributed by atoms with Gasteiger partial charge in [-0.05, 0) is 12.8 Å². The summed E-state index contributed by atoms with van der Waals surface area (Å²) >= 11 is 0. The Morgan fingerprint density at radius 3 is 2.48 bits per heavy atom. The third-order valence-corrected chi connectivity index (χ3v) is 4.65. The molecule has 0 bridgehead atoms. The second-order valence-electron chi connectivity index (χ2n) is 6.67. The minimum atomic E-state index is -1.28. The van der Waals surface area contributed by atoms with Crippen LogP contribution in [0.5, 0.6) is 0 Å². The molecule has 0 heterocycles. The quantitative estimate of drug-likeness (QED) is 0.209. The molecule has 1 fully saturated rings. The van der Waals surface area contributed by atoms with Gasteiger partial charge in [0.2, 0.25) is 0 Å². The monoisotopic (exact) mass is 364 g/mol. The van der Waals surface area contributed by atoms with E-state index in [0.717, 1.165) is 19.3 Å². The third-order valence-electron chi connectivity index (χ3n) is 4.65. The molecule has 5 atom stereocenters. The number of ketones is 1. The largest absolute Gasteiger partial charge is 1.00 e. The first-order valence-electron chi connectivity index (χ1n) is 8.79. The van der Waals surface area contributed by atoms with Gasteiger partial charge in [-0.15, -0.1) is 0 Å². The Balaban J connectivity index is 0.00000576. The van der Waals surface area contributed by atoms with Crippen molar-refractivity contribution in [3.8, 4) is 0 Å². The van der Waals surface area contributed by atoms with Gasteiger partial charge in [0.25, 0.3) is 0 Å². The number of rotatable bonds is 11. The number of carboxylic acid groups (broad SMARTS) is 1. The fourth-order valence-electron chi connectivity index (χ4n) is 3.23. The minimum Gasteiger partial charge on any atom is -0.550 e. The number of carbonyl (C=O) groups is 2. The van der Waals surface area contributed by atoms with Crippen molar-refractivity contribution in [3.63, 3.8) is 0 Å². The number of aliphatic carboxylic acids is 1. The molecule has 0 saturated heterocycles. The number of aliphatic hydroxyl groups excluding tert-OH is 3. The van der Waals surface area contributed by atoms with Gasteiger partial charge in [0.15, 0.2) is 0 Å². The molecule has 7 heteroatoms. The van der Waals surface area contributed by atoms with Crippen LogP contribution in [-0.2, 0) is 9.59 Å². The zero-order chi connectivity index (χ0) is 18.1. The molecular formula is C18H29NaO6. The standard InChI is InChI=1S/C18H30O6.Na/c1-2-3-4-5-12(19)6-8-14-15(17(22)11-16(14)21)10-13(20)7-9-18(23)24;/h6,8,12,14-17,19,21-22H,2-5,7,9-11H2,1H3,(H,23,24);/q;+1/p-1/t12-,14+,15+,16+,17-;/m0./s1. The van der Waals surface area contributed by atoms with Crippen LogP contribution >= 0.6 is 0 Å². The van der Waals surface area contributed by atoms with Gasteiger partial charge in [-0.2, -0.15) is 0 Å². The van der Waals surface area contributed by atoms with Crippen LogP contribution < -0.4 is 34.7 Å². The van der Waals surface area contributed by atoms with Crippen molar-refractivity contribution in [2.45, 2.75) is 76.6 Å². The van der Waals surface area contributed by atoms with Crippen molar-refractivity contribution in [1.29, 1.82) is 0 Å². The molecule has 0 aromatic rings. The normalized spacial score (nSPS) is 27.2. The first kappa shape index (κ1) is 24.8. The van der Waals surface area contributed by atoms with E-state index in [4.69, 9.17) is 0 Å². The number of hydrogen-bond donors (Lipinski definition) is 3. The molecule has 0 radical (unpaired) electrons. The molecule has 3 N–H and O–H groups in total. The summed E-state index contributed by atoms with van der Waals surface area (Å²) in [5.41, 5.74) is 0. The van der Waals surface area contributed by atoms with E-state index in [2.05, 4.69) is 6.92 Å². The number of unbranched alkanes of at least 4 members (excludes halogenated alkanes) is 2. The van der Waals surface area contributed by atoms with E-state index in [1.54, 1.807) is 12.2 Å². The van der Waals surface area contributed by atoms with Crippen molar-refractivity contribution >= 4 is 11.8 Å². The molecular weight excluding hydrogens is 335 g/mol. The molecule has 138 valence electrons. The number of carbonyl (C=O) groups excluding carboxylic acids is 2. The van der Waals surface area contributed by atoms with Gasteiger partial charge < -0.3 is 25.2 Å². The Morgan fingerprint density at radius 1 is 1.20 bits per heavy atom. The third kappa shape index (κ3) is 9.31. The summed E-state index contributed by atoms with van der Waals surface area (Å²) < 4.78 is 0. The van der Waals surface area contributed by atoms with Crippen LogP contribution in [0.1, 0.15) is 58.3 Å². The second kappa shape index (κ2) is 13.0. The zero-order valence-corrected chi connectivity index (χ0v) is 17.3. The van der Waals surface area contributed by atoms with Crippen molar-refractivity contribution in [2.24, 2.45) is 11.8 Å². The second-order valence-corrected chi connectivity index (χ2v) is 6.67. The number of carboxylic acids is 1. The van der Waals surface area contributed by atoms with Gasteiger partial charge in [-0.1, -0.05) is 38.3 Å². The summed E-state index contributed by atoms with van der Waals surface area (Å²) in [6.45, 7) is 2.08. The van der Waals surface area contributed by atoms with E-state index in [1.807, 2.05) is 0 Å². The maximum absolute atomic E-state index is 11.9. The Labute approximate surface area is 171 Å². The van der Waals surface area contributed by atoms with Crippen LogP contribution in [0, 0.1) is 11.8 Å². The summed E-state index contributed by atoms with van der Waals surface area (Å²) in [5.74, 6) is -2.40. The summed E-state index contributed by atoms with van der Waals surface area (Å²) in [7, 11) is 0. The van der Waals surface area contributed by atoms with E-state index in [0.29, 0.717) is 6.42 Å². The molecule has 0 aromatic carbocycles. The number of aliphatic hydroxyl groups is 3. The molecule has 0 amide bonds. The molecule has 0 aliphatic heterocycles. The van der Waals surface area contributed by atoms with Crippen molar-refractivity contribution in [3.05, 3.63) is 12.2 Å². The topological polar surface area (TPSA) is 118 Å². The van der Waals surface area contributed by atoms with Crippen LogP contribution in [0.15, 0.2) is 12.2 Å². The minimum absolute atomic E-state index is 0. The zero-order valence-electron chi connectivity index (χ0n) is 15.3. The van der Waals surface area contributed by atoms with Crippen molar-refractivity contribution < 1.29 is 59.6 Å². The Kier molecular flexibility index (Phi) is 12.9. The molecule has 0 spiro atoms.